The van der Waals surface area contributed by atoms with Crippen LogP contribution in [0.2, 0.25) is 0 Å². The summed E-state index contributed by atoms with van der Waals surface area (Å²) in [7, 11) is 0. The van der Waals surface area contributed by atoms with Gasteiger partial charge in [0.15, 0.2) is 0 Å². The molecule has 2 fully saturated rings. The third-order valence-electron chi connectivity index (χ3n) is 4.53. The van der Waals surface area contributed by atoms with Gasteiger partial charge in [0.05, 0.1) is 12.2 Å². The maximum absolute atomic E-state index is 12.0. The Morgan fingerprint density at radius 2 is 1.59 bits per heavy atom. The average molecular weight is 313 g/mol. The van der Waals surface area contributed by atoms with Gasteiger partial charge in [-0.25, -0.2) is 4.79 Å². The molecule has 1 saturated carbocycles. The van der Waals surface area contributed by atoms with Crippen LogP contribution in [0.25, 0.3) is 0 Å². The van der Waals surface area contributed by atoms with Gasteiger partial charge >= 0.3 is 6.09 Å². The first kappa shape index (κ1) is 17.5. The zero-order chi connectivity index (χ0) is 16.2. The SMILES string of the molecule is CC(C)(C)OC(=O)N1CCC(O[C@H]2CC[C@H](CO)CC2)CC1. The molecule has 1 amide bonds. The van der Waals surface area contributed by atoms with Gasteiger partial charge in [0.2, 0.25) is 0 Å². The lowest BCUT2D eigenvalue weighted by molar-refractivity contribution is -0.0644. The molecule has 0 radical (unpaired) electrons. The topological polar surface area (TPSA) is 59.0 Å². The summed E-state index contributed by atoms with van der Waals surface area (Å²) in [5, 5.41) is 9.17. The molecule has 2 rings (SSSR count). The first-order chi connectivity index (χ1) is 10.4. The van der Waals surface area contributed by atoms with Crippen molar-refractivity contribution in [2.24, 2.45) is 5.92 Å². The molecule has 1 N–H and O–H groups in total. The quantitative estimate of drug-likeness (QED) is 0.870. The molecule has 1 saturated heterocycles. The molecule has 0 aromatic carbocycles. The fraction of sp³-hybridized carbons (Fsp3) is 0.941. The van der Waals surface area contributed by atoms with Crippen LogP contribution >= 0.6 is 0 Å². The van der Waals surface area contributed by atoms with E-state index in [1.165, 1.54) is 0 Å². The van der Waals surface area contributed by atoms with Crippen molar-refractivity contribution in [2.75, 3.05) is 19.7 Å². The minimum atomic E-state index is -0.435. The van der Waals surface area contributed by atoms with Gasteiger partial charge in [-0.2, -0.15) is 0 Å². The number of carbonyl (C=O) groups is 1. The Hall–Kier alpha value is -0.810. The fourth-order valence-corrected chi connectivity index (χ4v) is 3.22. The van der Waals surface area contributed by atoms with Crippen LogP contribution in [0, 0.1) is 5.92 Å². The first-order valence-corrected chi connectivity index (χ1v) is 8.61. The van der Waals surface area contributed by atoms with Gasteiger partial charge in [0, 0.05) is 19.7 Å². The number of ether oxygens (including phenoxy) is 2. The highest BCUT2D eigenvalue weighted by Crippen LogP contribution is 2.28. The van der Waals surface area contributed by atoms with Gasteiger partial charge in [-0.1, -0.05) is 0 Å². The van der Waals surface area contributed by atoms with Crippen LogP contribution in [0.15, 0.2) is 0 Å². The Bertz CT molecular complexity index is 350. The highest BCUT2D eigenvalue weighted by molar-refractivity contribution is 5.68. The van der Waals surface area contributed by atoms with Crippen LogP contribution in [0.3, 0.4) is 0 Å². The molecule has 0 spiro atoms. The van der Waals surface area contributed by atoms with Crippen molar-refractivity contribution in [2.45, 2.75) is 77.1 Å². The molecular formula is C17H31NO4. The Labute approximate surface area is 134 Å². The summed E-state index contributed by atoms with van der Waals surface area (Å²) in [5.74, 6) is 0.467. The predicted octanol–water partition coefficient (Wildman–Crippen LogP) is 2.95. The summed E-state index contributed by atoms with van der Waals surface area (Å²) in [5.41, 5.74) is -0.435. The monoisotopic (exact) mass is 313 g/mol. The van der Waals surface area contributed by atoms with Gasteiger partial charge < -0.3 is 19.5 Å². The minimum Gasteiger partial charge on any atom is -0.444 e. The second-order valence-electron chi connectivity index (χ2n) is 7.63. The third kappa shape index (κ3) is 5.43. The van der Waals surface area contributed by atoms with Gasteiger partial charge in [-0.05, 0) is 65.2 Å². The summed E-state index contributed by atoms with van der Waals surface area (Å²) < 4.78 is 11.6. The Morgan fingerprint density at radius 1 is 1.05 bits per heavy atom. The second-order valence-corrected chi connectivity index (χ2v) is 7.63. The molecule has 0 atom stereocenters. The molecule has 1 aliphatic carbocycles. The molecular weight excluding hydrogens is 282 g/mol. The van der Waals surface area contributed by atoms with E-state index in [9.17, 15) is 9.90 Å². The number of aliphatic hydroxyl groups is 1. The van der Waals surface area contributed by atoms with Crippen LogP contribution in [-0.2, 0) is 9.47 Å². The van der Waals surface area contributed by atoms with Gasteiger partial charge in [-0.3, -0.25) is 0 Å². The molecule has 1 heterocycles. The second kappa shape index (κ2) is 7.64. The minimum absolute atomic E-state index is 0.214. The van der Waals surface area contributed by atoms with Crippen molar-refractivity contribution in [1.82, 2.24) is 4.90 Å². The van der Waals surface area contributed by atoms with E-state index in [0.29, 0.717) is 31.7 Å². The van der Waals surface area contributed by atoms with E-state index in [2.05, 4.69) is 0 Å². The van der Waals surface area contributed by atoms with Crippen molar-refractivity contribution in [3.05, 3.63) is 0 Å². The van der Waals surface area contributed by atoms with E-state index < -0.39 is 5.60 Å². The number of hydrogen-bond acceptors (Lipinski definition) is 4. The number of nitrogens with zero attached hydrogens (tertiary/aromatic N) is 1. The lowest BCUT2D eigenvalue weighted by Gasteiger charge is -2.36. The maximum Gasteiger partial charge on any atom is 0.410 e. The number of likely N-dealkylation sites (tertiary alicyclic amines) is 1. The molecule has 0 aromatic rings. The number of hydrogen-bond donors (Lipinski definition) is 1. The fourth-order valence-electron chi connectivity index (χ4n) is 3.22. The van der Waals surface area contributed by atoms with Crippen molar-refractivity contribution in [1.29, 1.82) is 0 Å². The highest BCUT2D eigenvalue weighted by Gasteiger charge is 2.29. The smallest absolute Gasteiger partial charge is 0.410 e. The predicted molar refractivity (Wildman–Crippen MR) is 84.7 cm³/mol. The molecule has 1 aliphatic heterocycles. The van der Waals surface area contributed by atoms with E-state index in [1.807, 2.05) is 20.8 Å². The molecule has 5 heteroatoms. The normalized spacial score (nSPS) is 27.7. The molecule has 2 aliphatic rings. The van der Waals surface area contributed by atoms with Crippen LogP contribution in [0.1, 0.15) is 59.3 Å². The summed E-state index contributed by atoms with van der Waals surface area (Å²) in [6, 6.07) is 0. The van der Waals surface area contributed by atoms with Crippen molar-refractivity contribution >= 4 is 6.09 Å². The lowest BCUT2D eigenvalue weighted by Crippen LogP contribution is -2.44. The maximum atomic E-state index is 12.0. The van der Waals surface area contributed by atoms with Crippen LogP contribution < -0.4 is 0 Å². The van der Waals surface area contributed by atoms with Gasteiger partial charge in [0.1, 0.15) is 5.60 Å². The first-order valence-electron chi connectivity index (χ1n) is 8.61. The molecule has 22 heavy (non-hydrogen) atoms. The Balaban J connectivity index is 1.68. The van der Waals surface area contributed by atoms with E-state index in [1.54, 1.807) is 4.90 Å². The van der Waals surface area contributed by atoms with E-state index in [4.69, 9.17) is 9.47 Å². The summed E-state index contributed by atoms with van der Waals surface area (Å²) in [6.45, 7) is 7.41. The number of rotatable bonds is 3. The summed E-state index contributed by atoms with van der Waals surface area (Å²) in [6.07, 6.45) is 6.40. The average Bonchev–Trinajstić information content (AvgIpc) is 2.47. The zero-order valence-electron chi connectivity index (χ0n) is 14.2. The van der Waals surface area contributed by atoms with Crippen LogP contribution in [0.5, 0.6) is 0 Å². The zero-order valence-corrected chi connectivity index (χ0v) is 14.2. The molecule has 0 unspecified atom stereocenters. The van der Waals surface area contributed by atoms with Gasteiger partial charge in [-0.15, -0.1) is 0 Å². The largest absolute Gasteiger partial charge is 0.444 e. The Kier molecular flexibility index (Phi) is 6.09. The number of carbonyl (C=O) groups excluding carboxylic acids is 1. The third-order valence-corrected chi connectivity index (χ3v) is 4.53. The molecule has 128 valence electrons. The van der Waals surface area contributed by atoms with Crippen molar-refractivity contribution < 1.29 is 19.4 Å². The van der Waals surface area contributed by atoms with Crippen LogP contribution in [-0.4, -0.2) is 53.6 Å². The standard InChI is InChI=1S/C17H31NO4/c1-17(2,3)22-16(20)18-10-8-15(9-11-18)21-14-6-4-13(12-19)5-7-14/h13-15,19H,4-12H2,1-3H3/t13-,14-. The number of amides is 1. The lowest BCUT2D eigenvalue weighted by atomic mass is 9.88. The summed E-state index contributed by atoms with van der Waals surface area (Å²) >= 11 is 0. The van der Waals surface area contributed by atoms with Gasteiger partial charge in [0.25, 0.3) is 0 Å². The molecule has 0 bridgehead atoms. The summed E-state index contributed by atoms with van der Waals surface area (Å²) in [4.78, 5) is 13.8. The number of aliphatic hydroxyl groups excluding tert-OH is 1. The molecule has 0 aromatic heterocycles. The van der Waals surface area contributed by atoms with E-state index in [-0.39, 0.29) is 12.2 Å². The molecule has 5 nitrogen and oxygen atoms in total. The Morgan fingerprint density at radius 3 is 2.09 bits per heavy atom. The van der Waals surface area contributed by atoms with Crippen LogP contribution in [0.4, 0.5) is 4.79 Å². The van der Waals surface area contributed by atoms with Crippen molar-refractivity contribution in [3.8, 4) is 0 Å². The number of piperidine rings is 1. The van der Waals surface area contributed by atoms with E-state index >= 15 is 0 Å². The highest BCUT2D eigenvalue weighted by atomic mass is 16.6. The van der Waals surface area contributed by atoms with E-state index in [0.717, 1.165) is 38.5 Å². The van der Waals surface area contributed by atoms with Crippen molar-refractivity contribution in [3.63, 3.8) is 0 Å².